The highest BCUT2D eigenvalue weighted by atomic mass is 16.2. The van der Waals surface area contributed by atoms with Gasteiger partial charge in [0.15, 0.2) is 0 Å². The molecule has 1 fully saturated rings. The van der Waals surface area contributed by atoms with Crippen LogP contribution in [0.5, 0.6) is 0 Å². The molecule has 1 atom stereocenters. The van der Waals surface area contributed by atoms with E-state index in [1.165, 1.54) is 44.2 Å². The van der Waals surface area contributed by atoms with Gasteiger partial charge < -0.3 is 15.5 Å². The number of benzene rings is 1. The first-order valence-electron chi connectivity index (χ1n) is 8.05. The molecule has 4 heteroatoms. The molecule has 3 rings (SSSR count). The van der Waals surface area contributed by atoms with Crippen molar-refractivity contribution in [3.05, 3.63) is 23.8 Å². The molecular weight excluding hydrogens is 262 g/mol. The fraction of sp³-hybridized carbons (Fsp3) is 0.588. The maximum absolute atomic E-state index is 11.9. The lowest BCUT2D eigenvalue weighted by atomic mass is 10.0. The van der Waals surface area contributed by atoms with Crippen LogP contribution in [0.4, 0.5) is 11.4 Å². The zero-order valence-electron chi connectivity index (χ0n) is 13.0. The quantitative estimate of drug-likeness (QED) is 0.840. The lowest BCUT2D eigenvalue weighted by Crippen LogP contribution is -2.31. The normalized spacial score (nSPS) is 22.6. The predicted octanol–water partition coefficient (Wildman–Crippen LogP) is 3.06. The molecule has 0 saturated heterocycles. The molecule has 1 aliphatic carbocycles. The van der Waals surface area contributed by atoms with Gasteiger partial charge in [-0.2, -0.15) is 0 Å². The third kappa shape index (κ3) is 2.77. The van der Waals surface area contributed by atoms with E-state index in [2.05, 4.69) is 40.8 Å². The summed E-state index contributed by atoms with van der Waals surface area (Å²) >= 11 is 0. The van der Waals surface area contributed by atoms with Gasteiger partial charge in [0.05, 0.1) is 0 Å². The molecule has 1 heterocycles. The summed E-state index contributed by atoms with van der Waals surface area (Å²) in [5, 5.41) is 6.05. The van der Waals surface area contributed by atoms with Crippen molar-refractivity contribution in [2.24, 2.45) is 0 Å². The molecule has 21 heavy (non-hydrogen) atoms. The highest BCUT2D eigenvalue weighted by Gasteiger charge is 2.29. The zero-order valence-corrected chi connectivity index (χ0v) is 13.0. The molecule has 1 aromatic rings. The van der Waals surface area contributed by atoms with Gasteiger partial charge >= 0.3 is 0 Å². The standard InChI is InChI=1S/C17H25N3O/c1-18-16-14-10-9-13(11-15(14)19-17(16)21)20(2)12-7-5-3-4-6-8-12/h9-12,16,18H,3-8H2,1-2H3,(H,19,21). The maximum Gasteiger partial charge on any atom is 0.246 e. The molecule has 2 N–H and O–H groups in total. The van der Waals surface area contributed by atoms with Gasteiger partial charge in [0.25, 0.3) is 0 Å². The van der Waals surface area contributed by atoms with E-state index in [9.17, 15) is 4.79 Å². The molecule has 0 spiro atoms. The summed E-state index contributed by atoms with van der Waals surface area (Å²) in [5.74, 6) is 0.0433. The van der Waals surface area contributed by atoms with Crippen LogP contribution in [0.15, 0.2) is 18.2 Å². The van der Waals surface area contributed by atoms with Crippen LogP contribution in [-0.4, -0.2) is 26.0 Å². The second-order valence-electron chi connectivity index (χ2n) is 6.24. The minimum Gasteiger partial charge on any atom is -0.372 e. The average Bonchev–Trinajstić information content (AvgIpc) is 2.68. The molecule has 2 aliphatic rings. The van der Waals surface area contributed by atoms with Crippen LogP contribution < -0.4 is 15.5 Å². The van der Waals surface area contributed by atoms with E-state index in [1.807, 2.05) is 7.05 Å². The van der Waals surface area contributed by atoms with Gasteiger partial charge in [-0.05, 0) is 32.0 Å². The maximum atomic E-state index is 11.9. The Morgan fingerprint density at radius 3 is 2.57 bits per heavy atom. The summed E-state index contributed by atoms with van der Waals surface area (Å²) in [5.41, 5.74) is 3.22. The summed E-state index contributed by atoms with van der Waals surface area (Å²) in [7, 11) is 4.01. The van der Waals surface area contributed by atoms with Gasteiger partial charge in [-0.1, -0.05) is 31.7 Å². The Balaban J connectivity index is 1.80. The minimum absolute atomic E-state index is 0.0433. The van der Waals surface area contributed by atoms with E-state index in [1.54, 1.807) is 0 Å². The molecule has 1 amide bonds. The Bertz CT molecular complexity index is 521. The van der Waals surface area contributed by atoms with Crippen LogP contribution in [0, 0.1) is 0 Å². The number of nitrogens with one attached hydrogen (secondary N) is 2. The molecule has 114 valence electrons. The van der Waals surface area contributed by atoms with Crippen molar-refractivity contribution in [3.8, 4) is 0 Å². The molecule has 1 aliphatic heterocycles. The van der Waals surface area contributed by atoms with Crippen LogP contribution in [0.1, 0.15) is 50.1 Å². The van der Waals surface area contributed by atoms with Gasteiger partial charge in [0, 0.05) is 30.0 Å². The summed E-state index contributed by atoms with van der Waals surface area (Å²) < 4.78 is 0. The van der Waals surface area contributed by atoms with E-state index in [0.29, 0.717) is 6.04 Å². The predicted molar refractivity (Wildman–Crippen MR) is 86.8 cm³/mol. The Morgan fingerprint density at radius 1 is 1.19 bits per heavy atom. The van der Waals surface area contributed by atoms with Crippen LogP contribution in [0.3, 0.4) is 0 Å². The van der Waals surface area contributed by atoms with Crippen molar-refractivity contribution in [2.45, 2.75) is 50.6 Å². The van der Waals surface area contributed by atoms with Gasteiger partial charge in [0.2, 0.25) is 5.91 Å². The lowest BCUT2D eigenvalue weighted by molar-refractivity contribution is -0.117. The van der Waals surface area contributed by atoms with E-state index in [-0.39, 0.29) is 11.9 Å². The first kappa shape index (κ1) is 14.4. The molecular formula is C17H25N3O. The Kier molecular flexibility index (Phi) is 4.15. The van der Waals surface area contributed by atoms with Crippen molar-refractivity contribution in [2.75, 3.05) is 24.3 Å². The Labute approximate surface area is 126 Å². The third-order valence-corrected chi connectivity index (χ3v) is 4.94. The number of fused-ring (bicyclic) bond motifs is 1. The number of amides is 1. The van der Waals surface area contributed by atoms with Gasteiger partial charge in [0.1, 0.15) is 6.04 Å². The van der Waals surface area contributed by atoms with Crippen molar-refractivity contribution in [1.82, 2.24) is 5.32 Å². The number of nitrogens with zero attached hydrogens (tertiary/aromatic N) is 1. The fourth-order valence-electron chi connectivity index (χ4n) is 3.61. The second kappa shape index (κ2) is 6.06. The van der Waals surface area contributed by atoms with E-state index >= 15 is 0 Å². The summed E-state index contributed by atoms with van der Waals surface area (Å²) in [4.78, 5) is 14.3. The van der Waals surface area contributed by atoms with E-state index in [4.69, 9.17) is 0 Å². The van der Waals surface area contributed by atoms with Crippen molar-refractivity contribution in [3.63, 3.8) is 0 Å². The lowest BCUT2D eigenvalue weighted by Gasteiger charge is -2.29. The summed E-state index contributed by atoms with van der Waals surface area (Å²) in [6.07, 6.45) is 7.96. The van der Waals surface area contributed by atoms with Crippen LogP contribution in [-0.2, 0) is 4.79 Å². The molecule has 0 aromatic heterocycles. The van der Waals surface area contributed by atoms with Crippen molar-refractivity contribution >= 4 is 17.3 Å². The topological polar surface area (TPSA) is 44.4 Å². The summed E-state index contributed by atoms with van der Waals surface area (Å²) in [6, 6.07) is 6.76. The second-order valence-corrected chi connectivity index (χ2v) is 6.24. The van der Waals surface area contributed by atoms with E-state index in [0.717, 1.165) is 11.3 Å². The van der Waals surface area contributed by atoms with Gasteiger partial charge in [-0.25, -0.2) is 0 Å². The zero-order chi connectivity index (χ0) is 14.8. The number of likely N-dealkylation sites (N-methyl/N-ethyl adjacent to an activating group) is 1. The number of anilines is 2. The molecule has 4 nitrogen and oxygen atoms in total. The van der Waals surface area contributed by atoms with Gasteiger partial charge in [-0.15, -0.1) is 0 Å². The first-order valence-corrected chi connectivity index (χ1v) is 8.05. The highest BCUT2D eigenvalue weighted by molar-refractivity contribution is 6.03. The van der Waals surface area contributed by atoms with Crippen molar-refractivity contribution < 1.29 is 4.79 Å². The minimum atomic E-state index is -0.211. The summed E-state index contributed by atoms with van der Waals surface area (Å²) in [6.45, 7) is 0. The largest absolute Gasteiger partial charge is 0.372 e. The highest BCUT2D eigenvalue weighted by Crippen LogP contribution is 2.35. The number of hydrogen-bond acceptors (Lipinski definition) is 3. The van der Waals surface area contributed by atoms with Crippen LogP contribution in [0.25, 0.3) is 0 Å². The third-order valence-electron chi connectivity index (χ3n) is 4.94. The fourth-order valence-corrected chi connectivity index (χ4v) is 3.61. The van der Waals surface area contributed by atoms with Crippen LogP contribution in [0.2, 0.25) is 0 Å². The van der Waals surface area contributed by atoms with E-state index < -0.39 is 0 Å². The number of carbonyl (C=O) groups is 1. The smallest absolute Gasteiger partial charge is 0.246 e. The molecule has 0 bridgehead atoms. The van der Waals surface area contributed by atoms with Gasteiger partial charge in [-0.3, -0.25) is 4.79 Å². The molecule has 1 aromatic carbocycles. The SMILES string of the molecule is CNC1C(=O)Nc2cc(N(C)C3CCCCCC3)ccc21. The first-order chi connectivity index (χ1) is 10.2. The molecule has 0 radical (unpaired) electrons. The average molecular weight is 287 g/mol. The number of hydrogen-bond donors (Lipinski definition) is 2. The monoisotopic (exact) mass is 287 g/mol. The Morgan fingerprint density at radius 2 is 1.90 bits per heavy atom. The number of carbonyl (C=O) groups excluding carboxylic acids is 1. The Hall–Kier alpha value is -1.55. The number of rotatable bonds is 3. The van der Waals surface area contributed by atoms with Crippen LogP contribution >= 0.6 is 0 Å². The molecule has 1 unspecified atom stereocenters. The van der Waals surface area contributed by atoms with Crippen molar-refractivity contribution in [1.29, 1.82) is 0 Å². The molecule has 1 saturated carbocycles.